The number of ether oxygens (including phenoxy) is 2. The summed E-state index contributed by atoms with van der Waals surface area (Å²) in [6, 6.07) is 16.0. The van der Waals surface area contributed by atoms with Crippen LogP contribution in [0.2, 0.25) is 0 Å². The lowest BCUT2D eigenvalue weighted by Crippen LogP contribution is -2.00. The predicted molar refractivity (Wildman–Crippen MR) is 73.2 cm³/mol. The lowest BCUT2D eigenvalue weighted by atomic mass is 9.92. The van der Waals surface area contributed by atoms with Gasteiger partial charge in [0.05, 0.1) is 14.2 Å². The summed E-state index contributed by atoms with van der Waals surface area (Å²) in [6.45, 7) is 4.22. The molecule has 0 saturated carbocycles. The summed E-state index contributed by atoms with van der Waals surface area (Å²) in [5, 5.41) is 0. The molecule has 0 N–H and O–H groups in total. The molecule has 2 heteroatoms. The highest BCUT2D eigenvalue weighted by Gasteiger charge is 2.14. The quantitative estimate of drug-likeness (QED) is 0.813. The summed E-state index contributed by atoms with van der Waals surface area (Å²) < 4.78 is 10.6. The van der Waals surface area contributed by atoms with E-state index in [9.17, 15) is 0 Å². The molecule has 0 aliphatic heterocycles. The average Bonchev–Trinajstić information content (AvgIpc) is 2.46. The topological polar surface area (TPSA) is 18.5 Å². The molecule has 2 rings (SSSR count). The molecule has 93 valence electrons. The average molecular weight is 241 g/mol. The Balaban J connectivity index is 2.38. The third kappa shape index (κ3) is 2.48. The molecule has 0 spiro atoms. The minimum atomic E-state index is 0.0482. The lowest BCUT2D eigenvalue weighted by Gasteiger charge is -2.16. The van der Waals surface area contributed by atoms with Crippen molar-refractivity contribution in [2.75, 3.05) is 14.2 Å². The minimum absolute atomic E-state index is 0.0482. The van der Waals surface area contributed by atoms with Gasteiger partial charge in [0.1, 0.15) is 11.5 Å². The van der Waals surface area contributed by atoms with Crippen molar-refractivity contribution in [3.8, 4) is 11.5 Å². The molecular formula is C16H17O2. The zero-order chi connectivity index (χ0) is 13.0. The van der Waals surface area contributed by atoms with Gasteiger partial charge in [-0.3, -0.25) is 0 Å². The first-order valence-corrected chi connectivity index (χ1v) is 5.86. The van der Waals surface area contributed by atoms with Crippen molar-refractivity contribution in [1.29, 1.82) is 0 Å². The third-order valence-corrected chi connectivity index (χ3v) is 3.02. The third-order valence-electron chi connectivity index (χ3n) is 3.02. The van der Waals surface area contributed by atoms with E-state index in [4.69, 9.17) is 9.47 Å². The van der Waals surface area contributed by atoms with Crippen molar-refractivity contribution in [2.45, 2.75) is 5.92 Å². The van der Waals surface area contributed by atoms with E-state index in [1.807, 2.05) is 36.4 Å². The highest BCUT2D eigenvalue weighted by Crippen LogP contribution is 2.33. The van der Waals surface area contributed by atoms with Crippen LogP contribution in [0.1, 0.15) is 17.0 Å². The van der Waals surface area contributed by atoms with Gasteiger partial charge in [0, 0.05) is 17.5 Å². The molecule has 0 saturated heterocycles. The zero-order valence-electron chi connectivity index (χ0n) is 10.7. The molecule has 2 nitrogen and oxygen atoms in total. The van der Waals surface area contributed by atoms with Gasteiger partial charge in [-0.25, -0.2) is 0 Å². The largest absolute Gasteiger partial charge is 0.497 e. The molecule has 18 heavy (non-hydrogen) atoms. The van der Waals surface area contributed by atoms with Gasteiger partial charge < -0.3 is 9.47 Å². The van der Waals surface area contributed by atoms with Crippen molar-refractivity contribution in [2.24, 2.45) is 0 Å². The van der Waals surface area contributed by atoms with E-state index in [1.165, 1.54) is 5.56 Å². The Morgan fingerprint density at radius 3 is 2.28 bits per heavy atom. The first-order chi connectivity index (χ1) is 8.76. The van der Waals surface area contributed by atoms with Crippen molar-refractivity contribution in [1.82, 2.24) is 0 Å². The van der Waals surface area contributed by atoms with E-state index >= 15 is 0 Å². The van der Waals surface area contributed by atoms with Crippen molar-refractivity contribution < 1.29 is 9.47 Å². The molecule has 0 aliphatic carbocycles. The van der Waals surface area contributed by atoms with Crippen LogP contribution in [-0.4, -0.2) is 14.2 Å². The molecule has 0 heterocycles. The second-order valence-corrected chi connectivity index (χ2v) is 4.07. The molecule has 0 bridgehead atoms. The maximum Gasteiger partial charge on any atom is 0.126 e. The van der Waals surface area contributed by atoms with Crippen molar-refractivity contribution in [3.05, 3.63) is 66.6 Å². The SMILES string of the molecule is [CH2]C(c1ccccc1)c1ccc(OC)cc1OC. The number of hydrogen-bond donors (Lipinski definition) is 0. The summed E-state index contributed by atoms with van der Waals surface area (Å²) >= 11 is 0. The lowest BCUT2D eigenvalue weighted by molar-refractivity contribution is 0.391. The Morgan fingerprint density at radius 2 is 1.67 bits per heavy atom. The van der Waals surface area contributed by atoms with E-state index in [2.05, 4.69) is 19.1 Å². The van der Waals surface area contributed by atoms with Gasteiger partial charge in [0.15, 0.2) is 0 Å². The summed E-state index contributed by atoms with van der Waals surface area (Å²) in [4.78, 5) is 0. The van der Waals surface area contributed by atoms with Crippen LogP contribution in [0.25, 0.3) is 0 Å². The van der Waals surface area contributed by atoms with E-state index in [1.54, 1.807) is 14.2 Å². The Kier molecular flexibility index (Phi) is 3.88. The Bertz CT molecular complexity index is 506. The van der Waals surface area contributed by atoms with Crippen LogP contribution < -0.4 is 9.47 Å². The molecule has 0 amide bonds. The van der Waals surface area contributed by atoms with Crippen molar-refractivity contribution in [3.63, 3.8) is 0 Å². The van der Waals surface area contributed by atoms with Gasteiger partial charge in [-0.05, 0) is 18.6 Å². The summed E-state index contributed by atoms with van der Waals surface area (Å²) in [5.74, 6) is 1.64. The van der Waals surface area contributed by atoms with Crippen LogP contribution in [0, 0.1) is 6.92 Å². The molecule has 1 radical (unpaired) electrons. The van der Waals surface area contributed by atoms with E-state index in [0.717, 1.165) is 17.1 Å². The first kappa shape index (κ1) is 12.5. The number of benzene rings is 2. The van der Waals surface area contributed by atoms with Crippen molar-refractivity contribution >= 4 is 0 Å². The smallest absolute Gasteiger partial charge is 0.126 e. The maximum absolute atomic E-state index is 5.41. The fraction of sp³-hybridized carbons (Fsp3) is 0.188. The summed E-state index contributed by atoms with van der Waals surface area (Å²) in [6.07, 6.45) is 0. The molecule has 2 aromatic rings. The number of rotatable bonds is 4. The Hall–Kier alpha value is -1.96. The predicted octanol–water partition coefficient (Wildman–Crippen LogP) is 3.67. The normalized spacial score (nSPS) is 11.9. The zero-order valence-corrected chi connectivity index (χ0v) is 10.7. The molecule has 0 fully saturated rings. The molecule has 1 atom stereocenters. The summed E-state index contributed by atoms with van der Waals surface area (Å²) in [5.41, 5.74) is 2.23. The van der Waals surface area contributed by atoms with E-state index in [0.29, 0.717) is 0 Å². The molecule has 1 unspecified atom stereocenters. The van der Waals surface area contributed by atoms with E-state index < -0.39 is 0 Å². The monoisotopic (exact) mass is 241 g/mol. The van der Waals surface area contributed by atoms with Crippen LogP contribution in [0.3, 0.4) is 0 Å². The minimum Gasteiger partial charge on any atom is -0.497 e. The molecular weight excluding hydrogens is 224 g/mol. The van der Waals surface area contributed by atoms with Crippen LogP contribution in [0.4, 0.5) is 0 Å². The Labute approximate surface area is 108 Å². The van der Waals surface area contributed by atoms with E-state index in [-0.39, 0.29) is 5.92 Å². The summed E-state index contributed by atoms with van der Waals surface area (Å²) in [7, 11) is 3.31. The fourth-order valence-corrected chi connectivity index (χ4v) is 1.97. The van der Waals surface area contributed by atoms with Gasteiger partial charge in [-0.1, -0.05) is 36.4 Å². The molecule has 0 aliphatic rings. The standard InChI is InChI=1S/C16H17O2/c1-12(13-7-5-4-6-8-13)15-10-9-14(17-2)11-16(15)18-3/h4-12H,1H2,2-3H3. The molecule has 2 aromatic carbocycles. The van der Waals surface area contributed by atoms with Gasteiger partial charge in [-0.2, -0.15) is 0 Å². The van der Waals surface area contributed by atoms with Crippen LogP contribution in [0.5, 0.6) is 11.5 Å². The highest BCUT2D eigenvalue weighted by atomic mass is 16.5. The number of hydrogen-bond acceptors (Lipinski definition) is 2. The van der Waals surface area contributed by atoms with Gasteiger partial charge in [-0.15, -0.1) is 0 Å². The highest BCUT2D eigenvalue weighted by molar-refractivity contribution is 5.46. The second-order valence-electron chi connectivity index (χ2n) is 4.07. The van der Waals surface area contributed by atoms with Gasteiger partial charge >= 0.3 is 0 Å². The van der Waals surface area contributed by atoms with Crippen LogP contribution in [0.15, 0.2) is 48.5 Å². The van der Waals surface area contributed by atoms with Gasteiger partial charge in [0.25, 0.3) is 0 Å². The molecule has 0 aromatic heterocycles. The fourth-order valence-electron chi connectivity index (χ4n) is 1.97. The van der Waals surface area contributed by atoms with Gasteiger partial charge in [0.2, 0.25) is 0 Å². The second kappa shape index (κ2) is 5.58. The maximum atomic E-state index is 5.41. The van der Waals surface area contributed by atoms with Crippen LogP contribution in [-0.2, 0) is 0 Å². The number of methoxy groups -OCH3 is 2. The Morgan fingerprint density at radius 1 is 0.944 bits per heavy atom. The van der Waals surface area contributed by atoms with Crippen LogP contribution >= 0.6 is 0 Å². The first-order valence-electron chi connectivity index (χ1n) is 5.86.